The number of fused-ring (bicyclic) bond motifs is 2. The molecule has 1 heterocycles. The first-order chi connectivity index (χ1) is 19.2. The second-order valence-corrected chi connectivity index (χ2v) is 12.3. The third-order valence-corrected chi connectivity index (χ3v) is 9.89. The van der Waals surface area contributed by atoms with E-state index in [2.05, 4.69) is 117 Å². The van der Waals surface area contributed by atoms with Crippen molar-refractivity contribution in [2.24, 2.45) is 10.9 Å². The quantitative estimate of drug-likeness (QED) is 0.116. The largest absolute Gasteiger partial charge is 0.748 e. The normalized spacial score (nSPS) is 14.5. The molecule has 0 radical (unpaired) electrons. The summed E-state index contributed by atoms with van der Waals surface area (Å²) >= 11 is 0. The van der Waals surface area contributed by atoms with Gasteiger partial charge in [-0.3, -0.25) is 4.99 Å². The van der Waals surface area contributed by atoms with Crippen LogP contribution in [-0.2, 0) is 21.8 Å². The summed E-state index contributed by atoms with van der Waals surface area (Å²) in [5.41, 5.74) is 1.13. The zero-order chi connectivity index (χ0) is 26.6. The van der Waals surface area contributed by atoms with Crippen molar-refractivity contribution < 1.29 is 21.8 Å². The maximum atomic E-state index is 6.17. The second-order valence-electron chi connectivity index (χ2n) is 10.2. The molecular weight excluding hydrogens is 549 g/mol. The van der Waals surface area contributed by atoms with Gasteiger partial charge in [-0.25, -0.2) is 12.1 Å². The van der Waals surface area contributed by atoms with E-state index < -0.39 is 7.92 Å². The van der Waals surface area contributed by atoms with Crippen LogP contribution in [0.3, 0.4) is 0 Å². The first-order valence-corrected chi connectivity index (χ1v) is 14.9. The first kappa shape index (κ1) is 28.1. The van der Waals surface area contributed by atoms with E-state index in [1.165, 1.54) is 37.5 Å². The molecule has 6 aromatic carbocycles. The Hall–Kier alpha value is -3.48. The molecule has 1 aliphatic heterocycles. The number of hydrogen-bond acceptors (Lipinski definition) is 2. The molecule has 0 bridgehead atoms. The molecule has 0 saturated heterocycles. The van der Waals surface area contributed by atoms with E-state index in [4.69, 9.17) is 9.73 Å². The van der Waals surface area contributed by atoms with Crippen molar-refractivity contribution in [3.05, 3.63) is 139 Å². The van der Waals surface area contributed by atoms with Crippen LogP contribution in [0.2, 0.25) is 0 Å². The molecule has 0 aromatic heterocycles. The van der Waals surface area contributed by atoms with Crippen molar-refractivity contribution in [1.29, 1.82) is 0 Å². The standard InChI is InChI=1S/C31H27NOP.C5H5.Fe/c1-21(2)27-20-33-31(32-27)26-16-9-19-30(26)34(28-17-7-12-22-10-3-5-14-24(22)28)29-18-8-13-23-11-4-6-15-25(23)29;1-2-4-5-3-1;/h3-19,21,27H,20H2,1-2H3;1-5H;/q-1;-5;. The fourth-order valence-corrected chi connectivity index (χ4v) is 7.97. The minimum absolute atomic E-state index is 0. The van der Waals surface area contributed by atoms with Gasteiger partial charge in [0.05, 0.1) is 6.04 Å². The van der Waals surface area contributed by atoms with Gasteiger partial charge in [0.2, 0.25) is 0 Å². The van der Waals surface area contributed by atoms with Crippen molar-refractivity contribution in [1.82, 2.24) is 0 Å². The summed E-state index contributed by atoms with van der Waals surface area (Å²) in [5.74, 6) is 1.26. The van der Waals surface area contributed by atoms with E-state index in [1.54, 1.807) is 0 Å². The number of nitrogens with zero attached hydrogens (tertiary/aromatic N) is 1. The molecule has 0 fully saturated rings. The van der Waals surface area contributed by atoms with Gasteiger partial charge in [0, 0.05) is 17.1 Å². The van der Waals surface area contributed by atoms with Gasteiger partial charge in [0.25, 0.3) is 0 Å². The Balaban J connectivity index is 0.000000487. The van der Waals surface area contributed by atoms with Gasteiger partial charge in [0.1, 0.15) is 6.61 Å². The van der Waals surface area contributed by atoms with Crippen LogP contribution in [0.5, 0.6) is 0 Å². The van der Waals surface area contributed by atoms with Gasteiger partial charge in [-0.1, -0.05) is 104 Å². The van der Waals surface area contributed by atoms with Gasteiger partial charge in [-0.15, -0.1) is 5.30 Å². The smallest absolute Gasteiger partial charge is 0.157 e. The topological polar surface area (TPSA) is 21.6 Å². The second kappa shape index (κ2) is 12.8. The van der Waals surface area contributed by atoms with Crippen LogP contribution < -0.4 is 15.9 Å². The summed E-state index contributed by atoms with van der Waals surface area (Å²) in [6.07, 6.45) is 0. The van der Waals surface area contributed by atoms with Gasteiger partial charge in [-0.05, 0) is 46.0 Å². The monoisotopic (exact) mass is 581 g/mol. The van der Waals surface area contributed by atoms with Crippen LogP contribution in [0.25, 0.3) is 21.5 Å². The zero-order valence-electron chi connectivity index (χ0n) is 22.7. The Labute approximate surface area is 248 Å². The molecular formula is C36H32FeNOP-6. The van der Waals surface area contributed by atoms with E-state index in [-0.39, 0.29) is 23.1 Å². The Morgan fingerprint density at radius 3 is 1.77 bits per heavy atom. The van der Waals surface area contributed by atoms with E-state index in [0.29, 0.717) is 12.5 Å². The summed E-state index contributed by atoms with van der Waals surface area (Å²) in [5, 5.41) is 9.22. The molecule has 1 unspecified atom stereocenters. The summed E-state index contributed by atoms with van der Waals surface area (Å²) in [4.78, 5) is 4.99. The van der Waals surface area contributed by atoms with Crippen LogP contribution in [0.1, 0.15) is 19.4 Å². The third-order valence-electron chi connectivity index (χ3n) is 7.28. The van der Waals surface area contributed by atoms with E-state index >= 15 is 0 Å². The summed E-state index contributed by atoms with van der Waals surface area (Å²) in [7, 11) is -0.836. The van der Waals surface area contributed by atoms with Gasteiger partial charge >= 0.3 is 0 Å². The zero-order valence-corrected chi connectivity index (χ0v) is 24.7. The van der Waals surface area contributed by atoms with Crippen molar-refractivity contribution in [3.8, 4) is 0 Å². The fraction of sp³-hybridized carbons (Fsp3) is 0.139. The SMILES string of the molecule is CC(C)C1COC([c-]2cccc2P(c2cccc3ccccc23)c2cccc3ccccc23)=N1.[Fe].[cH-]1[cH-][cH-][cH-][cH-]1. The average Bonchev–Trinajstić information content (AvgIpc) is 3.77. The molecule has 1 aliphatic rings. The van der Waals surface area contributed by atoms with Crippen LogP contribution in [0, 0.1) is 5.92 Å². The molecule has 0 N–H and O–H groups in total. The van der Waals surface area contributed by atoms with Crippen LogP contribution in [-0.4, -0.2) is 18.5 Å². The molecule has 2 nitrogen and oxygen atoms in total. The molecule has 0 saturated carbocycles. The molecule has 206 valence electrons. The minimum atomic E-state index is -0.836. The van der Waals surface area contributed by atoms with Crippen molar-refractivity contribution in [2.75, 3.05) is 6.61 Å². The maximum Gasteiger partial charge on any atom is 0.157 e. The number of rotatable bonds is 5. The predicted octanol–water partition coefficient (Wildman–Crippen LogP) is 7.67. The molecule has 4 heteroatoms. The number of aliphatic imine (C=N–C) groups is 1. The van der Waals surface area contributed by atoms with E-state index in [0.717, 1.165) is 11.5 Å². The van der Waals surface area contributed by atoms with Gasteiger partial charge in [-0.2, -0.15) is 6.07 Å². The number of ether oxygens (including phenoxy) is 1. The molecule has 0 aliphatic carbocycles. The first-order valence-electron chi connectivity index (χ1n) is 13.6. The third kappa shape index (κ3) is 5.70. The molecule has 6 aromatic rings. The summed E-state index contributed by atoms with van der Waals surface area (Å²) in [6.45, 7) is 5.09. The molecule has 1 atom stereocenters. The van der Waals surface area contributed by atoms with Crippen molar-refractivity contribution >= 4 is 51.3 Å². The molecule has 40 heavy (non-hydrogen) atoms. The van der Waals surface area contributed by atoms with Crippen LogP contribution in [0.4, 0.5) is 0 Å². The maximum absolute atomic E-state index is 6.17. The molecule has 0 spiro atoms. The minimum Gasteiger partial charge on any atom is -0.748 e. The number of hydrogen-bond donors (Lipinski definition) is 0. The Morgan fingerprint density at radius 1 is 0.725 bits per heavy atom. The van der Waals surface area contributed by atoms with E-state index in [1.807, 2.05) is 30.3 Å². The summed E-state index contributed by atoms with van der Waals surface area (Å²) < 4.78 is 6.17. The molecule has 7 rings (SSSR count). The van der Waals surface area contributed by atoms with Crippen molar-refractivity contribution in [3.63, 3.8) is 0 Å². The Morgan fingerprint density at radius 2 is 1.25 bits per heavy atom. The predicted molar refractivity (Wildman–Crippen MR) is 169 cm³/mol. The Bertz CT molecular complexity index is 1610. The van der Waals surface area contributed by atoms with Crippen LogP contribution in [0.15, 0.2) is 138 Å². The summed E-state index contributed by atoms with van der Waals surface area (Å²) in [6, 6.07) is 47.7. The fourth-order valence-electron chi connectivity index (χ4n) is 5.18. The average molecular weight is 581 g/mol. The van der Waals surface area contributed by atoms with E-state index in [9.17, 15) is 0 Å². The van der Waals surface area contributed by atoms with Gasteiger partial charge in [0.15, 0.2) is 5.90 Å². The van der Waals surface area contributed by atoms with Crippen molar-refractivity contribution in [2.45, 2.75) is 19.9 Å². The van der Waals surface area contributed by atoms with Gasteiger partial charge < -0.3 is 35.1 Å². The van der Waals surface area contributed by atoms with Crippen LogP contribution >= 0.6 is 7.92 Å². The Kier molecular flexibility index (Phi) is 8.98. The molecule has 0 amide bonds. The number of benzene rings is 4.